The molecular weight excluding hydrogens is 432 g/mol. The average Bonchev–Trinajstić information content (AvgIpc) is 3.30. The van der Waals surface area contributed by atoms with Gasteiger partial charge < -0.3 is 4.52 Å². The maximum absolute atomic E-state index is 13.0. The van der Waals surface area contributed by atoms with Crippen molar-refractivity contribution in [3.63, 3.8) is 0 Å². The molecule has 2 heterocycles. The Kier molecular flexibility index (Phi) is 6.07. The summed E-state index contributed by atoms with van der Waals surface area (Å²) in [5.41, 5.74) is 1.91. The molecule has 9 nitrogen and oxygen atoms in total. The maximum atomic E-state index is 13.0. The molecule has 168 valence electrons. The lowest BCUT2D eigenvalue weighted by Crippen LogP contribution is -2.39. The first-order valence-electron chi connectivity index (χ1n) is 10.4. The van der Waals surface area contributed by atoms with Gasteiger partial charge in [-0.05, 0) is 36.5 Å². The van der Waals surface area contributed by atoms with Crippen LogP contribution in [0.3, 0.4) is 0 Å². The summed E-state index contributed by atoms with van der Waals surface area (Å²) in [5, 5.41) is 14.9. The number of non-ortho nitro benzene ring substituents is 1. The topological polar surface area (TPSA) is 119 Å². The van der Waals surface area contributed by atoms with Crippen molar-refractivity contribution < 1.29 is 17.9 Å². The van der Waals surface area contributed by atoms with Crippen LogP contribution in [0.2, 0.25) is 0 Å². The predicted molar refractivity (Wildman–Crippen MR) is 118 cm³/mol. The van der Waals surface area contributed by atoms with E-state index in [9.17, 15) is 18.5 Å². The number of nitro benzene ring substituents is 1. The van der Waals surface area contributed by atoms with E-state index < -0.39 is 14.9 Å². The highest BCUT2D eigenvalue weighted by Gasteiger charge is 2.33. The third-order valence-electron chi connectivity index (χ3n) is 5.70. The van der Waals surface area contributed by atoms with Gasteiger partial charge in [-0.1, -0.05) is 43.3 Å². The van der Waals surface area contributed by atoms with Crippen molar-refractivity contribution >= 4 is 15.7 Å². The molecule has 0 amide bonds. The molecule has 0 N–H and O–H groups in total. The van der Waals surface area contributed by atoms with Crippen molar-refractivity contribution in [1.29, 1.82) is 0 Å². The van der Waals surface area contributed by atoms with Crippen LogP contribution in [0.15, 0.2) is 57.9 Å². The Balaban J connectivity index is 1.51. The second kappa shape index (κ2) is 8.79. The van der Waals surface area contributed by atoms with Gasteiger partial charge in [-0.3, -0.25) is 10.1 Å². The van der Waals surface area contributed by atoms with E-state index in [4.69, 9.17) is 4.52 Å². The van der Waals surface area contributed by atoms with E-state index in [1.54, 1.807) is 0 Å². The Morgan fingerprint density at radius 1 is 1.12 bits per heavy atom. The number of sulfonamides is 1. The molecule has 0 radical (unpaired) electrons. The van der Waals surface area contributed by atoms with Crippen molar-refractivity contribution in [3.05, 3.63) is 70.1 Å². The molecule has 1 aliphatic rings. The second-order valence-corrected chi connectivity index (χ2v) is 10.1. The molecule has 1 aromatic heterocycles. The minimum Gasteiger partial charge on any atom is -0.339 e. The Bertz CT molecular complexity index is 1200. The molecule has 0 saturated carbocycles. The van der Waals surface area contributed by atoms with E-state index >= 15 is 0 Å². The molecule has 1 atom stereocenters. The van der Waals surface area contributed by atoms with Crippen molar-refractivity contribution in [2.45, 2.75) is 43.4 Å². The highest BCUT2D eigenvalue weighted by atomic mass is 32.2. The van der Waals surface area contributed by atoms with Gasteiger partial charge in [0.15, 0.2) is 0 Å². The minimum atomic E-state index is -3.78. The maximum Gasteiger partial charge on any atom is 0.269 e. The monoisotopic (exact) mass is 456 g/mol. The largest absolute Gasteiger partial charge is 0.339 e. The van der Waals surface area contributed by atoms with Gasteiger partial charge >= 0.3 is 0 Å². The van der Waals surface area contributed by atoms with Crippen LogP contribution in [0, 0.1) is 10.1 Å². The normalized spacial score (nSPS) is 17.5. The lowest BCUT2D eigenvalue weighted by Gasteiger charge is -2.30. The number of hydrogen-bond donors (Lipinski definition) is 0. The van der Waals surface area contributed by atoms with Gasteiger partial charge in [0.1, 0.15) is 0 Å². The number of aromatic nitrogens is 2. The molecule has 4 rings (SSSR count). The van der Waals surface area contributed by atoms with E-state index in [2.05, 4.69) is 24.0 Å². The van der Waals surface area contributed by atoms with Gasteiger partial charge in [-0.2, -0.15) is 9.29 Å². The molecule has 2 aromatic carbocycles. The van der Waals surface area contributed by atoms with Crippen molar-refractivity contribution in [3.8, 4) is 11.4 Å². The predicted octanol–water partition coefficient (Wildman–Crippen LogP) is 4.34. The van der Waals surface area contributed by atoms with Crippen LogP contribution in [-0.2, 0) is 10.0 Å². The summed E-state index contributed by atoms with van der Waals surface area (Å²) in [6.07, 6.45) is 1.39. The van der Waals surface area contributed by atoms with Crippen LogP contribution in [0.4, 0.5) is 5.69 Å². The van der Waals surface area contributed by atoms with E-state index in [1.807, 2.05) is 24.3 Å². The van der Waals surface area contributed by atoms with Crippen LogP contribution >= 0.6 is 0 Å². The van der Waals surface area contributed by atoms with Crippen molar-refractivity contribution in [1.82, 2.24) is 14.4 Å². The first-order chi connectivity index (χ1) is 15.3. The van der Waals surface area contributed by atoms with Crippen LogP contribution in [0.1, 0.15) is 50.0 Å². The molecule has 32 heavy (non-hydrogen) atoms. The Hall–Kier alpha value is -3.11. The van der Waals surface area contributed by atoms with Gasteiger partial charge in [0.2, 0.25) is 21.7 Å². The SMILES string of the molecule is CC(C)c1ccc(-c2noc([C@@H]3CCCN(S(=O)(=O)c4ccc([N+](=O)[O-])cc4)C3)n2)cc1. The lowest BCUT2D eigenvalue weighted by molar-refractivity contribution is -0.384. The van der Waals surface area contributed by atoms with Crippen molar-refractivity contribution in [2.75, 3.05) is 13.1 Å². The first-order valence-corrected chi connectivity index (χ1v) is 11.9. The lowest BCUT2D eigenvalue weighted by atomic mass is 9.99. The molecular formula is C22H24N4O5S. The number of rotatable bonds is 6. The number of piperidine rings is 1. The zero-order valence-electron chi connectivity index (χ0n) is 17.8. The fraction of sp³-hybridized carbons (Fsp3) is 0.364. The highest BCUT2D eigenvalue weighted by molar-refractivity contribution is 7.89. The Labute approximate surface area is 186 Å². The summed E-state index contributed by atoms with van der Waals surface area (Å²) in [4.78, 5) is 14.8. The average molecular weight is 457 g/mol. The molecule has 3 aromatic rings. The molecule has 0 unspecified atom stereocenters. The number of nitro groups is 1. The molecule has 0 spiro atoms. The van der Waals surface area contributed by atoms with Crippen LogP contribution < -0.4 is 0 Å². The molecule has 1 aliphatic heterocycles. The summed E-state index contributed by atoms with van der Waals surface area (Å²) in [7, 11) is -3.78. The molecule has 1 saturated heterocycles. The smallest absolute Gasteiger partial charge is 0.269 e. The fourth-order valence-electron chi connectivity index (χ4n) is 3.79. The third-order valence-corrected chi connectivity index (χ3v) is 7.58. The third kappa shape index (κ3) is 4.42. The second-order valence-electron chi connectivity index (χ2n) is 8.19. The van der Waals surface area contributed by atoms with Gasteiger partial charge in [0, 0.05) is 30.8 Å². The summed E-state index contributed by atoms with van der Waals surface area (Å²) >= 11 is 0. The van der Waals surface area contributed by atoms with Crippen LogP contribution in [-0.4, -0.2) is 40.9 Å². The minimum absolute atomic E-state index is 0.0280. The summed E-state index contributed by atoms with van der Waals surface area (Å²) < 4.78 is 33.0. The molecule has 10 heteroatoms. The number of benzene rings is 2. The van der Waals surface area contributed by atoms with E-state index in [0.717, 1.165) is 12.0 Å². The summed E-state index contributed by atoms with van der Waals surface area (Å²) in [6, 6.07) is 12.9. The summed E-state index contributed by atoms with van der Waals surface area (Å²) in [6.45, 7) is 4.84. The quantitative estimate of drug-likeness (QED) is 0.400. The Morgan fingerprint density at radius 3 is 2.44 bits per heavy atom. The van der Waals surface area contributed by atoms with Crippen LogP contribution in [0.25, 0.3) is 11.4 Å². The fourth-order valence-corrected chi connectivity index (χ4v) is 5.31. The Morgan fingerprint density at radius 2 is 1.81 bits per heavy atom. The van der Waals surface area contributed by atoms with Crippen LogP contribution in [0.5, 0.6) is 0 Å². The molecule has 1 fully saturated rings. The number of hydrogen-bond acceptors (Lipinski definition) is 7. The van der Waals surface area contributed by atoms with Crippen molar-refractivity contribution in [2.24, 2.45) is 0 Å². The van der Waals surface area contributed by atoms with Gasteiger partial charge in [-0.25, -0.2) is 8.42 Å². The zero-order chi connectivity index (χ0) is 22.9. The number of nitrogens with zero attached hydrogens (tertiary/aromatic N) is 4. The van der Waals surface area contributed by atoms with E-state index in [-0.39, 0.29) is 23.0 Å². The summed E-state index contributed by atoms with van der Waals surface area (Å²) in [5.74, 6) is 1.10. The van der Waals surface area contributed by atoms with Gasteiger partial charge in [0.05, 0.1) is 15.7 Å². The first kappa shape index (κ1) is 22.1. The van der Waals surface area contributed by atoms with E-state index in [1.165, 1.54) is 34.1 Å². The van der Waals surface area contributed by atoms with Gasteiger partial charge in [-0.15, -0.1) is 0 Å². The molecule has 0 bridgehead atoms. The molecule has 0 aliphatic carbocycles. The van der Waals surface area contributed by atoms with Gasteiger partial charge in [0.25, 0.3) is 5.69 Å². The standard InChI is InChI=1S/C22H24N4O5S/c1-15(2)16-5-7-17(8-6-16)21-23-22(31-24-21)18-4-3-13-25(14-18)32(29,30)20-11-9-19(10-12-20)26(27)28/h5-12,15,18H,3-4,13-14H2,1-2H3/t18-/m1/s1. The van der Waals surface area contributed by atoms with E-state index in [0.29, 0.717) is 30.6 Å². The zero-order valence-corrected chi connectivity index (χ0v) is 18.7. The highest BCUT2D eigenvalue weighted by Crippen LogP contribution is 2.31.